The quantitative estimate of drug-likeness (QED) is 0.594. The standard InChI is InChI=1S/C26H33N3OS/c1-25(2,3)21-15-30-23(28-21)17-11-7-9-13-19(17)27-20-14-10-8-12-18(20)24-29-22(16-31-24)26(4,5)6/h7-14,21-22,27H,15-16H2,1-6H3/t21-,22-/m1/s1. The van der Waals surface area contributed by atoms with E-state index in [2.05, 4.69) is 83.3 Å². The molecule has 0 aliphatic carbocycles. The Hall–Kier alpha value is -2.27. The third kappa shape index (κ3) is 4.82. The molecule has 4 rings (SSSR count). The van der Waals surface area contributed by atoms with Crippen molar-refractivity contribution in [2.24, 2.45) is 20.8 Å². The van der Waals surface area contributed by atoms with Gasteiger partial charge in [0.1, 0.15) is 11.7 Å². The Morgan fingerprint density at radius 1 is 0.806 bits per heavy atom. The summed E-state index contributed by atoms with van der Waals surface area (Å²) in [6, 6.07) is 17.2. The molecule has 0 bridgehead atoms. The average Bonchev–Trinajstić information content (AvgIpc) is 3.38. The fourth-order valence-corrected chi connectivity index (χ4v) is 5.06. The van der Waals surface area contributed by atoms with Crippen molar-refractivity contribution in [2.45, 2.75) is 53.6 Å². The van der Waals surface area contributed by atoms with Crippen LogP contribution in [0.25, 0.3) is 0 Å². The summed E-state index contributed by atoms with van der Waals surface area (Å²) in [7, 11) is 0. The maximum atomic E-state index is 6.02. The van der Waals surface area contributed by atoms with E-state index in [9.17, 15) is 0 Å². The number of nitrogens with one attached hydrogen (secondary N) is 1. The van der Waals surface area contributed by atoms with Crippen LogP contribution in [-0.4, -0.2) is 35.4 Å². The third-order valence-corrected chi connectivity index (χ3v) is 6.97. The number of benzene rings is 2. The predicted octanol–water partition coefficient (Wildman–Crippen LogP) is 6.53. The second-order valence-electron chi connectivity index (χ2n) is 10.5. The van der Waals surface area contributed by atoms with E-state index in [0.29, 0.717) is 12.6 Å². The SMILES string of the molecule is CC(C)(C)[C@H]1COC(c2ccccc2Nc2ccccc2C2=N[C@@H](C(C)(C)C)CS2)=N1. The molecule has 0 saturated heterocycles. The lowest BCUT2D eigenvalue weighted by molar-refractivity contribution is 0.236. The highest BCUT2D eigenvalue weighted by atomic mass is 32.2. The van der Waals surface area contributed by atoms with Crippen LogP contribution in [0.2, 0.25) is 0 Å². The predicted molar refractivity (Wildman–Crippen MR) is 134 cm³/mol. The number of ether oxygens (including phenoxy) is 1. The van der Waals surface area contributed by atoms with Crippen LogP contribution in [0.15, 0.2) is 58.5 Å². The molecule has 5 heteroatoms. The molecule has 2 atom stereocenters. The van der Waals surface area contributed by atoms with E-state index in [4.69, 9.17) is 14.7 Å². The van der Waals surface area contributed by atoms with Gasteiger partial charge in [-0.15, -0.1) is 11.8 Å². The number of aliphatic imine (C=N–C) groups is 2. The van der Waals surface area contributed by atoms with Crippen molar-refractivity contribution in [3.63, 3.8) is 0 Å². The summed E-state index contributed by atoms with van der Waals surface area (Å²) in [5.74, 6) is 1.75. The van der Waals surface area contributed by atoms with Gasteiger partial charge < -0.3 is 10.1 Å². The molecular formula is C26H33N3OS. The monoisotopic (exact) mass is 435 g/mol. The zero-order chi connectivity index (χ0) is 22.2. The Morgan fingerprint density at radius 2 is 1.39 bits per heavy atom. The highest BCUT2D eigenvalue weighted by Gasteiger charge is 2.32. The van der Waals surface area contributed by atoms with Gasteiger partial charge in [0.15, 0.2) is 0 Å². The van der Waals surface area contributed by atoms with Crippen molar-refractivity contribution < 1.29 is 4.74 Å². The topological polar surface area (TPSA) is 46.0 Å². The molecule has 2 aromatic carbocycles. The number of anilines is 2. The van der Waals surface area contributed by atoms with Crippen LogP contribution in [0, 0.1) is 10.8 Å². The Morgan fingerprint density at radius 3 is 1.97 bits per heavy atom. The number of hydrogen-bond acceptors (Lipinski definition) is 5. The molecule has 2 heterocycles. The zero-order valence-electron chi connectivity index (χ0n) is 19.4. The Labute approximate surface area is 190 Å². The minimum absolute atomic E-state index is 0.0815. The van der Waals surface area contributed by atoms with Gasteiger partial charge in [-0.25, -0.2) is 4.99 Å². The van der Waals surface area contributed by atoms with Crippen LogP contribution in [0.5, 0.6) is 0 Å². The Kier molecular flexibility index (Phi) is 5.91. The van der Waals surface area contributed by atoms with Gasteiger partial charge in [0.05, 0.1) is 23.3 Å². The van der Waals surface area contributed by atoms with Crippen molar-refractivity contribution >= 4 is 34.1 Å². The van der Waals surface area contributed by atoms with Gasteiger partial charge >= 0.3 is 0 Å². The molecule has 0 aromatic heterocycles. The lowest BCUT2D eigenvalue weighted by Crippen LogP contribution is -2.25. The number of rotatable bonds is 4. The summed E-state index contributed by atoms with van der Waals surface area (Å²) in [5, 5.41) is 4.76. The zero-order valence-corrected chi connectivity index (χ0v) is 20.2. The van der Waals surface area contributed by atoms with Gasteiger partial charge in [-0.1, -0.05) is 71.9 Å². The summed E-state index contributed by atoms with van der Waals surface area (Å²) in [6.45, 7) is 14.0. The van der Waals surface area contributed by atoms with Gasteiger partial charge in [0.2, 0.25) is 5.90 Å². The first-order chi connectivity index (χ1) is 14.6. The van der Waals surface area contributed by atoms with Gasteiger partial charge in [-0.05, 0) is 29.0 Å². The molecule has 0 radical (unpaired) electrons. The number of nitrogens with zero attached hydrogens (tertiary/aromatic N) is 2. The molecule has 0 amide bonds. The average molecular weight is 436 g/mol. The first-order valence-electron chi connectivity index (χ1n) is 11.0. The highest BCUT2D eigenvalue weighted by molar-refractivity contribution is 8.14. The minimum Gasteiger partial charge on any atom is -0.475 e. The first-order valence-corrected chi connectivity index (χ1v) is 12.0. The molecule has 0 saturated carbocycles. The van der Waals surface area contributed by atoms with Crippen molar-refractivity contribution in [2.75, 3.05) is 17.7 Å². The third-order valence-electron chi connectivity index (χ3n) is 5.89. The lowest BCUT2D eigenvalue weighted by atomic mass is 9.88. The molecule has 2 aromatic rings. The van der Waals surface area contributed by atoms with Crippen molar-refractivity contribution in [3.8, 4) is 0 Å². The molecule has 164 valence electrons. The van der Waals surface area contributed by atoms with Crippen LogP contribution in [0.1, 0.15) is 52.7 Å². The van der Waals surface area contributed by atoms with E-state index < -0.39 is 0 Å². The number of thioether (sulfide) groups is 1. The highest BCUT2D eigenvalue weighted by Crippen LogP contribution is 2.36. The smallest absolute Gasteiger partial charge is 0.218 e. The van der Waals surface area contributed by atoms with Crippen LogP contribution in [0.4, 0.5) is 11.4 Å². The lowest BCUT2D eigenvalue weighted by Gasteiger charge is -2.23. The van der Waals surface area contributed by atoms with Gasteiger partial charge in [-0.2, -0.15) is 0 Å². The van der Waals surface area contributed by atoms with E-state index in [1.165, 1.54) is 0 Å². The Balaban J connectivity index is 1.64. The second kappa shape index (κ2) is 8.34. The Bertz CT molecular complexity index is 932. The molecular weight excluding hydrogens is 402 g/mol. The minimum atomic E-state index is 0.0815. The molecule has 31 heavy (non-hydrogen) atoms. The summed E-state index contributed by atoms with van der Waals surface area (Å²) >= 11 is 1.85. The van der Waals surface area contributed by atoms with Gasteiger partial charge in [0.25, 0.3) is 0 Å². The molecule has 2 aliphatic rings. The van der Waals surface area contributed by atoms with Crippen molar-refractivity contribution in [3.05, 3.63) is 59.7 Å². The molecule has 1 N–H and O–H groups in total. The largest absolute Gasteiger partial charge is 0.475 e. The van der Waals surface area contributed by atoms with Crippen molar-refractivity contribution in [1.82, 2.24) is 0 Å². The maximum Gasteiger partial charge on any atom is 0.218 e. The second-order valence-corrected chi connectivity index (χ2v) is 11.5. The number of hydrogen-bond donors (Lipinski definition) is 1. The summed E-state index contributed by atoms with van der Waals surface area (Å²) < 4.78 is 6.02. The molecule has 0 fully saturated rings. The summed E-state index contributed by atoms with van der Waals surface area (Å²) in [5.41, 5.74) is 4.46. The number of para-hydroxylation sites is 2. The van der Waals surface area contributed by atoms with Gasteiger partial charge in [0, 0.05) is 17.0 Å². The fourth-order valence-electron chi connectivity index (χ4n) is 3.63. The molecule has 0 spiro atoms. The van der Waals surface area contributed by atoms with Crippen LogP contribution < -0.4 is 5.32 Å². The van der Waals surface area contributed by atoms with Crippen LogP contribution in [0.3, 0.4) is 0 Å². The van der Waals surface area contributed by atoms with E-state index in [1.807, 2.05) is 23.9 Å². The van der Waals surface area contributed by atoms with Crippen LogP contribution >= 0.6 is 11.8 Å². The van der Waals surface area contributed by atoms with E-state index in [0.717, 1.165) is 39.2 Å². The molecule has 0 unspecified atom stereocenters. The van der Waals surface area contributed by atoms with E-state index >= 15 is 0 Å². The molecule has 2 aliphatic heterocycles. The molecule has 4 nitrogen and oxygen atoms in total. The maximum absolute atomic E-state index is 6.02. The van der Waals surface area contributed by atoms with Crippen molar-refractivity contribution in [1.29, 1.82) is 0 Å². The van der Waals surface area contributed by atoms with E-state index in [1.54, 1.807) is 0 Å². The fraction of sp³-hybridized carbons (Fsp3) is 0.462. The summed E-state index contributed by atoms with van der Waals surface area (Å²) in [4.78, 5) is 9.96. The first kappa shape index (κ1) is 21.9. The van der Waals surface area contributed by atoms with Crippen LogP contribution in [-0.2, 0) is 4.74 Å². The summed E-state index contributed by atoms with van der Waals surface area (Å²) in [6.07, 6.45) is 0. The van der Waals surface area contributed by atoms with Gasteiger partial charge in [-0.3, -0.25) is 4.99 Å². The van der Waals surface area contributed by atoms with E-state index in [-0.39, 0.29) is 16.9 Å². The normalized spacial score (nSPS) is 21.5.